The lowest BCUT2D eigenvalue weighted by Crippen LogP contribution is -2.45. The Morgan fingerprint density at radius 1 is 1.33 bits per heavy atom. The molecule has 112 valence electrons. The summed E-state index contributed by atoms with van der Waals surface area (Å²) in [5.41, 5.74) is 0.580. The van der Waals surface area contributed by atoms with E-state index in [1.54, 1.807) is 24.3 Å². The van der Waals surface area contributed by atoms with Gasteiger partial charge in [0.15, 0.2) is 6.61 Å². The highest BCUT2D eigenvalue weighted by Gasteiger charge is 2.28. The van der Waals surface area contributed by atoms with Crippen molar-refractivity contribution in [2.75, 3.05) is 6.61 Å². The third kappa shape index (κ3) is 4.22. The minimum atomic E-state index is -0.0784. The lowest BCUT2D eigenvalue weighted by atomic mass is 9.78. The Bertz CT molecular complexity index is 519. The monoisotopic (exact) mass is 286 g/mol. The number of carbonyl (C=O) groups excluding carboxylic acids is 1. The molecule has 21 heavy (non-hydrogen) atoms. The van der Waals surface area contributed by atoms with Crippen molar-refractivity contribution in [3.05, 3.63) is 29.8 Å². The number of hydrogen-bond acceptors (Lipinski definition) is 3. The number of hydrogen-bond donors (Lipinski definition) is 1. The van der Waals surface area contributed by atoms with Crippen molar-refractivity contribution in [1.82, 2.24) is 5.32 Å². The average molecular weight is 286 g/mol. The van der Waals surface area contributed by atoms with E-state index >= 15 is 0 Å². The highest BCUT2D eigenvalue weighted by Crippen LogP contribution is 2.29. The van der Waals surface area contributed by atoms with Gasteiger partial charge in [0, 0.05) is 6.04 Å². The molecule has 4 heteroatoms. The van der Waals surface area contributed by atoms with Gasteiger partial charge >= 0.3 is 0 Å². The molecule has 2 rings (SSSR count). The molecule has 0 heterocycles. The molecule has 1 aromatic rings. The molecule has 0 spiro atoms. The molecule has 1 fully saturated rings. The first-order valence-corrected chi connectivity index (χ1v) is 7.52. The SMILES string of the molecule is C[C@@H]1[C@H](C)CCC[C@H]1NC(=O)COc1ccc(C#N)cc1. The molecular formula is C17H22N2O2. The van der Waals surface area contributed by atoms with Gasteiger partial charge in [-0.3, -0.25) is 4.79 Å². The Morgan fingerprint density at radius 3 is 2.71 bits per heavy atom. The largest absolute Gasteiger partial charge is 0.484 e. The molecule has 1 aliphatic rings. The summed E-state index contributed by atoms with van der Waals surface area (Å²) in [5.74, 6) is 1.70. The molecule has 0 aromatic heterocycles. The van der Waals surface area contributed by atoms with Crippen molar-refractivity contribution in [2.45, 2.75) is 39.2 Å². The van der Waals surface area contributed by atoms with E-state index in [-0.39, 0.29) is 18.6 Å². The van der Waals surface area contributed by atoms with E-state index in [2.05, 4.69) is 19.2 Å². The highest BCUT2D eigenvalue weighted by atomic mass is 16.5. The number of nitrogens with one attached hydrogen (secondary N) is 1. The van der Waals surface area contributed by atoms with E-state index in [1.807, 2.05) is 6.07 Å². The Labute approximate surface area is 126 Å². The van der Waals surface area contributed by atoms with Crippen LogP contribution in [0.5, 0.6) is 5.75 Å². The highest BCUT2D eigenvalue weighted by molar-refractivity contribution is 5.77. The van der Waals surface area contributed by atoms with Crippen LogP contribution in [0.15, 0.2) is 24.3 Å². The average Bonchev–Trinajstić information content (AvgIpc) is 2.50. The molecule has 0 radical (unpaired) electrons. The number of nitriles is 1. The van der Waals surface area contributed by atoms with Crippen molar-refractivity contribution in [3.63, 3.8) is 0 Å². The van der Waals surface area contributed by atoms with E-state index < -0.39 is 0 Å². The zero-order chi connectivity index (χ0) is 15.2. The molecule has 0 saturated heterocycles. The second-order valence-electron chi connectivity index (χ2n) is 5.87. The van der Waals surface area contributed by atoms with Gasteiger partial charge < -0.3 is 10.1 Å². The summed E-state index contributed by atoms with van der Waals surface area (Å²) in [6, 6.07) is 9.07. The number of rotatable bonds is 4. The molecule has 1 aromatic carbocycles. The molecule has 1 aliphatic carbocycles. The topological polar surface area (TPSA) is 62.1 Å². The lowest BCUT2D eigenvalue weighted by molar-refractivity contribution is -0.124. The summed E-state index contributed by atoms with van der Waals surface area (Å²) in [4.78, 5) is 12.0. The molecule has 1 N–H and O–H groups in total. The van der Waals surface area contributed by atoms with Crippen LogP contribution in [-0.4, -0.2) is 18.6 Å². The molecule has 0 aliphatic heterocycles. The fourth-order valence-electron chi connectivity index (χ4n) is 2.81. The van der Waals surface area contributed by atoms with Crippen molar-refractivity contribution in [3.8, 4) is 11.8 Å². The van der Waals surface area contributed by atoms with Crippen LogP contribution in [0.3, 0.4) is 0 Å². The van der Waals surface area contributed by atoms with E-state index in [4.69, 9.17) is 10.00 Å². The number of carbonyl (C=O) groups is 1. The van der Waals surface area contributed by atoms with Crippen LogP contribution in [0.25, 0.3) is 0 Å². The quantitative estimate of drug-likeness (QED) is 0.925. The summed E-state index contributed by atoms with van der Waals surface area (Å²) in [6.07, 6.45) is 3.47. The van der Waals surface area contributed by atoms with E-state index in [1.165, 1.54) is 12.8 Å². The van der Waals surface area contributed by atoms with Crippen molar-refractivity contribution in [1.29, 1.82) is 5.26 Å². The second-order valence-corrected chi connectivity index (χ2v) is 5.87. The van der Waals surface area contributed by atoms with Gasteiger partial charge in [-0.05, 0) is 42.5 Å². The van der Waals surface area contributed by atoms with Gasteiger partial charge in [-0.2, -0.15) is 5.26 Å². The van der Waals surface area contributed by atoms with Gasteiger partial charge in [0.2, 0.25) is 0 Å². The van der Waals surface area contributed by atoms with Crippen molar-refractivity contribution < 1.29 is 9.53 Å². The number of benzene rings is 1. The third-order valence-electron chi connectivity index (χ3n) is 4.41. The summed E-state index contributed by atoms with van der Waals surface area (Å²) in [7, 11) is 0. The smallest absolute Gasteiger partial charge is 0.258 e. The number of ether oxygens (including phenoxy) is 1. The van der Waals surface area contributed by atoms with Crippen LogP contribution in [0.1, 0.15) is 38.7 Å². The Balaban J connectivity index is 1.80. The Hall–Kier alpha value is -2.02. The van der Waals surface area contributed by atoms with E-state index in [0.717, 1.165) is 6.42 Å². The first-order chi connectivity index (χ1) is 10.1. The van der Waals surface area contributed by atoms with Gasteiger partial charge in [0.05, 0.1) is 11.6 Å². The first kappa shape index (κ1) is 15.4. The zero-order valence-electron chi connectivity index (χ0n) is 12.6. The maximum Gasteiger partial charge on any atom is 0.258 e. The normalized spacial score (nSPS) is 24.9. The standard InChI is InChI=1S/C17H22N2O2/c1-12-4-3-5-16(13(12)2)19-17(20)11-21-15-8-6-14(10-18)7-9-15/h6-9,12-13,16H,3-5,11H2,1-2H3,(H,19,20)/t12-,13-,16-/m1/s1. The predicted octanol–water partition coefficient (Wildman–Crippen LogP) is 2.88. The fraction of sp³-hybridized carbons (Fsp3) is 0.529. The Morgan fingerprint density at radius 2 is 2.05 bits per heavy atom. The van der Waals surface area contributed by atoms with Gasteiger partial charge in [0.25, 0.3) is 5.91 Å². The van der Waals surface area contributed by atoms with Gasteiger partial charge in [-0.1, -0.05) is 26.7 Å². The zero-order valence-corrected chi connectivity index (χ0v) is 12.6. The number of amides is 1. The maximum absolute atomic E-state index is 12.0. The molecule has 1 saturated carbocycles. The molecule has 3 atom stereocenters. The summed E-state index contributed by atoms with van der Waals surface area (Å²) in [5, 5.41) is 11.8. The summed E-state index contributed by atoms with van der Waals surface area (Å²) >= 11 is 0. The van der Waals surface area contributed by atoms with Crippen molar-refractivity contribution >= 4 is 5.91 Å². The molecule has 0 bridgehead atoms. The fourth-order valence-corrected chi connectivity index (χ4v) is 2.81. The third-order valence-corrected chi connectivity index (χ3v) is 4.41. The summed E-state index contributed by atoms with van der Waals surface area (Å²) in [6.45, 7) is 4.47. The van der Waals surface area contributed by atoms with Gasteiger partial charge in [-0.25, -0.2) is 0 Å². The molecular weight excluding hydrogens is 264 g/mol. The first-order valence-electron chi connectivity index (χ1n) is 7.52. The van der Waals surface area contributed by atoms with Crippen LogP contribution in [0.2, 0.25) is 0 Å². The predicted molar refractivity (Wildman–Crippen MR) is 80.8 cm³/mol. The van der Waals surface area contributed by atoms with Crippen LogP contribution >= 0.6 is 0 Å². The molecule has 4 nitrogen and oxygen atoms in total. The summed E-state index contributed by atoms with van der Waals surface area (Å²) < 4.78 is 5.45. The molecule has 0 unspecified atom stereocenters. The minimum absolute atomic E-state index is 0.0174. The maximum atomic E-state index is 12.0. The van der Waals surface area contributed by atoms with Crippen LogP contribution in [-0.2, 0) is 4.79 Å². The minimum Gasteiger partial charge on any atom is -0.484 e. The lowest BCUT2D eigenvalue weighted by Gasteiger charge is -2.34. The Kier molecular flexibility index (Phi) is 5.21. The van der Waals surface area contributed by atoms with Crippen LogP contribution in [0, 0.1) is 23.2 Å². The van der Waals surface area contributed by atoms with Gasteiger partial charge in [0.1, 0.15) is 5.75 Å². The number of nitrogens with zero attached hydrogens (tertiary/aromatic N) is 1. The van der Waals surface area contributed by atoms with Crippen molar-refractivity contribution in [2.24, 2.45) is 11.8 Å². The van der Waals surface area contributed by atoms with E-state index in [0.29, 0.717) is 23.1 Å². The van der Waals surface area contributed by atoms with Crippen LogP contribution in [0.4, 0.5) is 0 Å². The van der Waals surface area contributed by atoms with Gasteiger partial charge in [-0.15, -0.1) is 0 Å². The van der Waals surface area contributed by atoms with E-state index in [9.17, 15) is 4.79 Å². The molecule has 1 amide bonds. The second kappa shape index (κ2) is 7.12. The van der Waals surface area contributed by atoms with Crippen LogP contribution < -0.4 is 10.1 Å².